The number of carbonyl (C=O) groups excluding carboxylic acids is 2. The van der Waals surface area contributed by atoms with Crippen LogP contribution in [0.2, 0.25) is 0 Å². The smallest absolute Gasteiger partial charge is 0.328 e. The minimum atomic E-state index is -0.764. The first-order valence-electron chi connectivity index (χ1n) is 12.3. The Morgan fingerprint density at radius 1 is 1.15 bits per heavy atom. The van der Waals surface area contributed by atoms with Crippen LogP contribution in [0.3, 0.4) is 0 Å². The van der Waals surface area contributed by atoms with Crippen molar-refractivity contribution >= 4 is 11.9 Å². The number of piperidine rings is 1. The Hall–Kier alpha value is -2.71. The third kappa shape index (κ3) is 5.03. The van der Waals surface area contributed by atoms with Gasteiger partial charge in [-0.05, 0) is 63.4 Å². The van der Waals surface area contributed by atoms with Gasteiger partial charge in [0.1, 0.15) is 17.1 Å². The van der Waals surface area contributed by atoms with Gasteiger partial charge in [0, 0.05) is 45.5 Å². The molecule has 0 saturated carbocycles. The zero-order chi connectivity index (χ0) is 24.1. The van der Waals surface area contributed by atoms with Crippen molar-refractivity contribution in [3.63, 3.8) is 0 Å². The fourth-order valence-corrected chi connectivity index (χ4v) is 5.12. The highest BCUT2D eigenvalue weighted by Crippen LogP contribution is 2.38. The first-order chi connectivity index (χ1) is 16.4. The number of ether oxygens (including phenoxy) is 1. The number of furan rings is 1. The summed E-state index contributed by atoms with van der Waals surface area (Å²) in [4.78, 5) is 37.0. The summed E-state index contributed by atoms with van der Waals surface area (Å²) in [7, 11) is 1.66. The third-order valence-corrected chi connectivity index (χ3v) is 7.21. The molecule has 8 heteroatoms. The number of amides is 3. The molecule has 2 aliphatic rings. The number of hydrogen-bond acceptors (Lipinski definition) is 6. The van der Waals surface area contributed by atoms with Crippen LogP contribution in [0.5, 0.6) is 0 Å². The van der Waals surface area contributed by atoms with Crippen molar-refractivity contribution < 1.29 is 18.7 Å². The van der Waals surface area contributed by atoms with E-state index in [1.165, 1.54) is 4.90 Å². The lowest BCUT2D eigenvalue weighted by molar-refractivity contribution is -0.136. The standard InChI is InChI=1S/C26H36N4O4/c1-20(23-9-8-21(2)34-23)10-15-28-16-11-26(12-17-28)24(31)29(19-22-7-4-5-13-27-22)25(32)30(26)14-6-18-33-3/h4-5,7-9,13,20H,6,10-12,14-19H2,1-3H3. The zero-order valence-electron chi connectivity index (χ0n) is 20.5. The second-order valence-corrected chi connectivity index (χ2v) is 9.50. The Balaban J connectivity index is 1.42. The van der Waals surface area contributed by atoms with Crippen LogP contribution in [0, 0.1) is 6.92 Å². The van der Waals surface area contributed by atoms with E-state index >= 15 is 0 Å². The van der Waals surface area contributed by atoms with Gasteiger partial charge in [0.05, 0.1) is 12.2 Å². The Labute approximate surface area is 201 Å². The van der Waals surface area contributed by atoms with Crippen LogP contribution in [0.1, 0.15) is 55.7 Å². The van der Waals surface area contributed by atoms with Gasteiger partial charge < -0.3 is 19.0 Å². The molecule has 2 fully saturated rings. The maximum Gasteiger partial charge on any atom is 0.328 e. The van der Waals surface area contributed by atoms with Crippen LogP contribution in [-0.4, -0.2) is 77.1 Å². The van der Waals surface area contributed by atoms with E-state index in [2.05, 4.69) is 22.9 Å². The number of urea groups is 1. The number of carbonyl (C=O) groups is 2. The Bertz CT molecular complexity index is 968. The van der Waals surface area contributed by atoms with Crippen molar-refractivity contribution in [3.8, 4) is 0 Å². The first-order valence-corrected chi connectivity index (χ1v) is 12.3. The van der Waals surface area contributed by atoms with Crippen LogP contribution in [0.4, 0.5) is 4.79 Å². The van der Waals surface area contributed by atoms with Crippen molar-refractivity contribution in [2.45, 2.75) is 57.5 Å². The minimum Gasteiger partial charge on any atom is -0.466 e. The number of rotatable bonds is 10. The minimum absolute atomic E-state index is 0.0837. The molecule has 2 aliphatic heterocycles. The van der Waals surface area contributed by atoms with Gasteiger partial charge >= 0.3 is 6.03 Å². The van der Waals surface area contributed by atoms with Crippen LogP contribution < -0.4 is 0 Å². The topological polar surface area (TPSA) is 79.1 Å². The van der Waals surface area contributed by atoms with Crippen molar-refractivity contribution in [2.75, 3.05) is 39.9 Å². The molecule has 2 saturated heterocycles. The molecule has 0 aromatic carbocycles. The SMILES string of the molecule is COCCCN1C(=O)N(Cc2ccccn2)C(=O)C12CCN(CCC(C)c1ccc(C)o1)CC2. The summed E-state index contributed by atoms with van der Waals surface area (Å²) in [5, 5.41) is 0. The number of likely N-dealkylation sites (tertiary alicyclic amines) is 1. The van der Waals surface area contributed by atoms with Gasteiger partial charge in [0.15, 0.2) is 0 Å². The third-order valence-electron chi connectivity index (χ3n) is 7.21. The molecule has 2 aromatic rings. The highest BCUT2D eigenvalue weighted by atomic mass is 16.5. The monoisotopic (exact) mass is 468 g/mol. The summed E-state index contributed by atoms with van der Waals surface area (Å²) in [6, 6.07) is 9.42. The molecule has 2 aromatic heterocycles. The molecular weight excluding hydrogens is 432 g/mol. The molecule has 3 amide bonds. The lowest BCUT2D eigenvalue weighted by Crippen LogP contribution is -2.57. The van der Waals surface area contributed by atoms with E-state index in [0.29, 0.717) is 38.3 Å². The lowest BCUT2D eigenvalue weighted by atomic mass is 9.85. The van der Waals surface area contributed by atoms with Gasteiger partial charge in [-0.2, -0.15) is 0 Å². The molecule has 4 heterocycles. The Morgan fingerprint density at radius 3 is 2.59 bits per heavy atom. The summed E-state index contributed by atoms with van der Waals surface area (Å²) in [6.07, 6.45) is 4.69. The summed E-state index contributed by atoms with van der Waals surface area (Å²) in [5.74, 6) is 2.23. The second-order valence-electron chi connectivity index (χ2n) is 9.50. The molecule has 4 rings (SSSR count). The van der Waals surface area contributed by atoms with E-state index in [1.54, 1.807) is 13.3 Å². The van der Waals surface area contributed by atoms with Crippen molar-refractivity contribution in [1.29, 1.82) is 0 Å². The van der Waals surface area contributed by atoms with Crippen LogP contribution in [0.15, 0.2) is 40.9 Å². The number of aromatic nitrogens is 1. The molecule has 0 aliphatic carbocycles. The summed E-state index contributed by atoms with van der Waals surface area (Å²) >= 11 is 0. The number of hydrogen-bond donors (Lipinski definition) is 0. The fourth-order valence-electron chi connectivity index (χ4n) is 5.12. The number of imide groups is 1. The van der Waals surface area contributed by atoms with Crippen molar-refractivity contribution in [3.05, 3.63) is 53.7 Å². The van der Waals surface area contributed by atoms with Gasteiger partial charge in [-0.25, -0.2) is 4.79 Å². The Kier molecular flexibility index (Phi) is 7.68. The molecule has 184 valence electrons. The molecular formula is C26H36N4O4. The largest absolute Gasteiger partial charge is 0.466 e. The van der Waals surface area contributed by atoms with Crippen LogP contribution >= 0.6 is 0 Å². The number of methoxy groups -OCH3 is 1. The molecule has 34 heavy (non-hydrogen) atoms. The van der Waals surface area contributed by atoms with Crippen LogP contribution in [0.25, 0.3) is 0 Å². The summed E-state index contributed by atoms with van der Waals surface area (Å²) in [6.45, 7) is 7.98. The molecule has 0 radical (unpaired) electrons. The predicted molar refractivity (Wildman–Crippen MR) is 128 cm³/mol. The number of nitrogens with zero attached hydrogens (tertiary/aromatic N) is 4. The number of aryl methyl sites for hydroxylation is 1. The summed E-state index contributed by atoms with van der Waals surface area (Å²) < 4.78 is 11.0. The van der Waals surface area contributed by atoms with E-state index < -0.39 is 5.54 Å². The van der Waals surface area contributed by atoms with Gasteiger partial charge in [-0.3, -0.25) is 14.7 Å². The van der Waals surface area contributed by atoms with Gasteiger partial charge in [0.2, 0.25) is 0 Å². The highest BCUT2D eigenvalue weighted by Gasteiger charge is 2.57. The van der Waals surface area contributed by atoms with Gasteiger partial charge in [-0.15, -0.1) is 0 Å². The quantitative estimate of drug-likeness (QED) is 0.390. The lowest BCUT2D eigenvalue weighted by Gasteiger charge is -2.42. The van der Waals surface area contributed by atoms with Crippen LogP contribution in [-0.2, 0) is 16.1 Å². The normalized spacial score (nSPS) is 19.4. The Morgan fingerprint density at radius 2 is 1.94 bits per heavy atom. The van der Waals surface area contributed by atoms with E-state index in [1.807, 2.05) is 36.1 Å². The van der Waals surface area contributed by atoms with Crippen molar-refractivity contribution in [1.82, 2.24) is 19.7 Å². The maximum absolute atomic E-state index is 13.7. The average molecular weight is 469 g/mol. The molecule has 0 N–H and O–H groups in total. The average Bonchev–Trinajstić information content (AvgIpc) is 3.36. The first kappa shape index (κ1) is 24.4. The maximum atomic E-state index is 13.7. The van der Waals surface area contributed by atoms with E-state index in [4.69, 9.17) is 9.15 Å². The number of pyridine rings is 1. The van der Waals surface area contributed by atoms with Gasteiger partial charge in [-0.1, -0.05) is 13.0 Å². The zero-order valence-corrected chi connectivity index (χ0v) is 20.5. The van der Waals surface area contributed by atoms with E-state index in [-0.39, 0.29) is 18.5 Å². The van der Waals surface area contributed by atoms with Gasteiger partial charge in [0.25, 0.3) is 5.91 Å². The van der Waals surface area contributed by atoms with E-state index in [0.717, 1.165) is 43.3 Å². The highest BCUT2D eigenvalue weighted by molar-refractivity contribution is 6.07. The second kappa shape index (κ2) is 10.7. The fraction of sp³-hybridized carbons (Fsp3) is 0.577. The molecule has 0 bridgehead atoms. The van der Waals surface area contributed by atoms with E-state index in [9.17, 15) is 9.59 Å². The predicted octanol–water partition coefficient (Wildman–Crippen LogP) is 3.81. The molecule has 1 atom stereocenters. The molecule has 1 spiro atoms. The molecule has 1 unspecified atom stereocenters. The summed E-state index contributed by atoms with van der Waals surface area (Å²) in [5.41, 5.74) is -0.0440. The molecule has 8 nitrogen and oxygen atoms in total. The van der Waals surface area contributed by atoms with Crippen molar-refractivity contribution in [2.24, 2.45) is 0 Å².